The summed E-state index contributed by atoms with van der Waals surface area (Å²) in [7, 11) is 0. The van der Waals surface area contributed by atoms with Crippen molar-refractivity contribution in [1.82, 2.24) is 9.55 Å². The summed E-state index contributed by atoms with van der Waals surface area (Å²) in [6.07, 6.45) is 3.42. The van der Waals surface area contributed by atoms with Crippen molar-refractivity contribution in [1.29, 1.82) is 0 Å². The van der Waals surface area contributed by atoms with Gasteiger partial charge >= 0.3 is 0 Å². The lowest BCUT2D eigenvalue weighted by atomic mass is 10.0. The van der Waals surface area contributed by atoms with E-state index in [0.29, 0.717) is 5.82 Å². The number of carbonyl (C=O) groups is 1. The van der Waals surface area contributed by atoms with E-state index in [1.54, 1.807) is 12.4 Å². The summed E-state index contributed by atoms with van der Waals surface area (Å²) in [4.78, 5) is 15.8. The molecule has 0 aliphatic rings. The number of rotatable bonds is 4. The Morgan fingerprint density at radius 1 is 1.64 bits per heavy atom. The van der Waals surface area contributed by atoms with E-state index in [1.165, 1.54) is 0 Å². The molecule has 0 radical (unpaired) electrons. The van der Waals surface area contributed by atoms with E-state index in [9.17, 15) is 4.79 Å². The Hall–Kier alpha value is -1.16. The lowest BCUT2D eigenvalue weighted by Crippen LogP contribution is -2.37. The molecular weight excluding hydrogens is 178 g/mol. The molecule has 0 amide bonds. The Morgan fingerprint density at radius 3 is 2.79 bits per heavy atom. The third kappa shape index (κ3) is 2.01. The van der Waals surface area contributed by atoms with E-state index in [4.69, 9.17) is 5.73 Å². The molecule has 1 unspecified atom stereocenters. The van der Waals surface area contributed by atoms with Crippen LogP contribution >= 0.6 is 0 Å². The van der Waals surface area contributed by atoms with E-state index in [2.05, 4.69) is 4.98 Å². The predicted molar refractivity (Wildman–Crippen MR) is 55.0 cm³/mol. The van der Waals surface area contributed by atoms with Gasteiger partial charge < -0.3 is 10.3 Å². The van der Waals surface area contributed by atoms with Crippen LogP contribution in [0.4, 0.5) is 0 Å². The molecule has 0 aromatic carbocycles. The summed E-state index contributed by atoms with van der Waals surface area (Å²) in [5.41, 5.74) is 5.77. The van der Waals surface area contributed by atoms with Gasteiger partial charge in [0.05, 0.1) is 6.04 Å². The molecule has 0 aliphatic heterocycles. The standard InChI is InChI=1S/C10H17N3O/c1-4-13-6-5-12-10(13)9(14)8(11)7(2)3/h5-8H,4,11H2,1-3H3. The SMILES string of the molecule is CCn1ccnc1C(=O)C(N)C(C)C. The van der Waals surface area contributed by atoms with Crippen LogP contribution in [0.3, 0.4) is 0 Å². The highest BCUT2D eigenvalue weighted by molar-refractivity contribution is 5.97. The van der Waals surface area contributed by atoms with Crippen molar-refractivity contribution in [3.8, 4) is 0 Å². The van der Waals surface area contributed by atoms with Gasteiger partial charge in [0.1, 0.15) is 0 Å². The van der Waals surface area contributed by atoms with Crippen LogP contribution in [0.15, 0.2) is 12.4 Å². The van der Waals surface area contributed by atoms with Crippen molar-refractivity contribution >= 4 is 5.78 Å². The number of hydrogen-bond donors (Lipinski definition) is 1. The molecule has 14 heavy (non-hydrogen) atoms. The summed E-state index contributed by atoms with van der Waals surface area (Å²) in [6.45, 7) is 6.58. The zero-order chi connectivity index (χ0) is 10.7. The van der Waals surface area contributed by atoms with Crippen LogP contribution in [0.2, 0.25) is 0 Å². The van der Waals surface area contributed by atoms with Gasteiger partial charge in [0.25, 0.3) is 0 Å². The molecule has 0 bridgehead atoms. The maximum absolute atomic E-state index is 11.8. The highest BCUT2D eigenvalue weighted by atomic mass is 16.1. The van der Waals surface area contributed by atoms with Crippen LogP contribution in [0, 0.1) is 5.92 Å². The van der Waals surface area contributed by atoms with Crippen molar-refractivity contribution in [2.24, 2.45) is 11.7 Å². The molecule has 1 rings (SSSR count). The Morgan fingerprint density at radius 2 is 2.29 bits per heavy atom. The Balaban J connectivity index is 2.89. The lowest BCUT2D eigenvalue weighted by Gasteiger charge is -2.14. The number of carbonyl (C=O) groups excluding carboxylic acids is 1. The van der Waals surface area contributed by atoms with Gasteiger partial charge in [0.15, 0.2) is 5.82 Å². The van der Waals surface area contributed by atoms with Gasteiger partial charge in [-0.25, -0.2) is 4.98 Å². The molecule has 0 saturated heterocycles. The molecule has 0 saturated carbocycles. The third-order valence-electron chi connectivity index (χ3n) is 2.30. The minimum Gasteiger partial charge on any atom is -0.329 e. The molecule has 4 heteroatoms. The van der Waals surface area contributed by atoms with E-state index in [1.807, 2.05) is 25.3 Å². The second-order valence-corrected chi connectivity index (χ2v) is 3.67. The quantitative estimate of drug-likeness (QED) is 0.731. The van der Waals surface area contributed by atoms with Crippen LogP contribution in [-0.4, -0.2) is 21.4 Å². The number of imidazole rings is 1. The molecule has 1 aromatic rings. The average Bonchev–Trinajstić information content (AvgIpc) is 2.62. The number of hydrogen-bond acceptors (Lipinski definition) is 3. The number of Topliss-reactive ketones (excluding diaryl/α,β-unsaturated/α-hetero) is 1. The summed E-state index contributed by atoms with van der Waals surface area (Å²) in [6, 6.07) is -0.456. The van der Waals surface area contributed by atoms with E-state index in [0.717, 1.165) is 6.54 Å². The average molecular weight is 195 g/mol. The molecule has 0 spiro atoms. The number of aromatic nitrogens is 2. The molecule has 0 fully saturated rings. The topological polar surface area (TPSA) is 60.9 Å². The maximum Gasteiger partial charge on any atom is 0.215 e. The van der Waals surface area contributed by atoms with Gasteiger partial charge in [-0.15, -0.1) is 0 Å². The largest absolute Gasteiger partial charge is 0.329 e. The minimum atomic E-state index is -0.456. The molecule has 0 aliphatic carbocycles. The number of aryl methyl sites for hydroxylation is 1. The van der Waals surface area contributed by atoms with Gasteiger partial charge in [-0.05, 0) is 12.8 Å². The first-order chi connectivity index (χ1) is 6.57. The van der Waals surface area contributed by atoms with Crippen LogP contribution < -0.4 is 5.73 Å². The Bertz CT molecular complexity index is 317. The molecule has 1 aromatic heterocycles. The van der Waals surface area contributed by atoms with Crippen LogP contribution in [0.25, 0.3) is 0 Å². The fraction of sp³-hybridized carbons (Fsp3) is 0.600. The Labute approximate surface area is 84.1 Å². The van der Waals surface area contributed by atoms with Crippen molar-refractivity contribution in [3.05, 3.63) is 18.2 Å². The summed E-state index contributed by atoms with van der Waals surface area (Å²) < 4.78 is 1.81. The fourth-order valence-electron chi connectivity index (χ4n) is 1.24. The number of ketones is 1. The van der Waals surface area contributed by atoms with Crippen molar-refractivity contribution < 1.29 is 4.79 Å². The first kappa shape index (κ1) is 10.9. The first-order valence-electron chi connectivity index (χ1n) is 4.88. The van der Waals surface area contributed by atoms with Crippen LogP contribution in [-0.2, 0) is 6.54 Å². The van der Waals surface area contributed by atoms with Gasteiger partial charge in [-0.3, -0.25) is 4.79 Å². The second kappa shape index (κ2) is 4.37. The first-order valence-corrected chi connectivity index (χ1v) is 4.88. The van der Waals surface area contributed by atoms with Gasteiger partial charge in [0, 0.05) is 18.9 Å². The fourth-order valence-corrected chi connectivity index (χ4v) is 1.24. The van der Waals surface area contributed by atoms with Crippen LogP contribution in [0.1, 0.15) is 31.4 Å². The highest BCUT2D eigenvalue weighted by Gasteiger charge is 2.22. The molecule has 4 nitrogen and oxygen atoms in total. The van der Waals surface area contributed by atoms with Gasteiger partial charge in [0.2, 0.25) is 5.78 Å². The van der Waals surface area contributed by atoms with E-state index < -0.39 is 6.04 Å². The third-order valence-corrected chi connectivity index (χ3v) is 2.30. The maximum atomic E-state index is 11.8. The molecule has 2 N–H and O–H groups in total. The van der Waals surface area contributed by atoms with Crippen molar-refractivity contribution in [2.45, 2.75) is 33.4 Å². The lowest BCUT2D eigenvalue weighted by molar-refractivity contribution is 0.0926. The van der Waals surface area contributed by atoms with Crippen molar-refractivity contribution in [3.63, 3.8) is 0 Å². The monoisotopic (exact) mass is 195 g/mol. The molecule has 78 valence electrons. The smallest absolute Gasteiger partial charge is 0.215 e. The molecular formula is C10H17N3O. The predicted octanol–water partition coefficient (Wildman–Crippen LogP) is 1.07. The number of nitrogens with two attached hydrogens (primary N) is 1. The molecule has 1 atom stereocenters. The van der Waals surface area contributed by atoms with Gasteiger partial charge in [-0.2, -0.15) is 0 Å². The summed E-state index contributed by atoms with van der Waals surface area (Å²) in [5.74, 6) is 0.532. The zero-order valence-corrected chi connectivity index (χ0v) is 8.90. The highest BCUT2D eigenvalue weighted by Crippen LogP contribution is 2.07. The normalized spacial score (nSPS) is 13.2. The van der Waals surface area contributed by atoms with E-state index >= 15 is 0 Å². The zero-order valence-electron chi connectivity index (χ0n) is 8.90. The molecule has 1 heterocycles. The summed E-state index contributed by atoms with van der Waals surface area (Å²) in [5, 5.41) is 0. The summed E-state index contributed by atoms with van der Waals surface area (Å²) >= 11 is 0. The number of nitrogens with zero attached hydrogens (tertiary/aromatic N) is 2. The van der Waals surface area contributed by atoms with Crippen molar-refractivity contribution in [2.75, 3.05) is 0 Å². The minimum absolute atomic E-state index is 0.0770. The second-order valence-electron chi connectivity index (χ2n) is 3.67. The Kier molecular flexibility index (Phi) is 3.41. The van der Waals surface area contributed by atoms with Crippen LogP contribution in [0.5, 0.6) is 0 Å². The van der Waals surface area contributed by atoms with Gasteiger partial charge in [-0.1, -0.05) is 13.8 Å². The van der Waals surface area contributed by atoms with E-state index in [-0.39, 0.29) is 11.7 Å².